The van der Waals surface area contributed by atoms with E-state index in [4.69, 9.17) is 11.6 Å². The Kier molecular flexibility index (Phi) is 2.69. The van der Waals surface area contributed by atoms with Crippen LogP contribution in [0.4, 0.5) is 0 Å². The van der Waals surface area contributed by atoms with Gasteiger partial charge >= 0.3 is 0 Å². The fraction of sp³-hybridized carbons (Fsp3) is 0.167. The maximum absolute atomic E-state index is 6.01. The van der Waals surface area contributed by atoms with Crippen molar-refractivity contribution in [1.82, 2.24) is 4.98 Å². The number of aromatic nitrogens is 1. The number of allylic oxidation sites excluding steroid dienone is 4. The largest absolute Gasteiger partial charge is 0.259 e. The van der Waals surface area contributed by atoms with Gasteiger partial charge in [-0.25, -0.2) is 0 Å². The molecule has 1 aliphatic rings. The minimum Gasteiger partial charge on any atom is -0.259 e. The molecule has 1 heterocycles. The zero-order chi connectivity index (χ0) is 9.97. The summed E-state index contributed by atoms with van der Waals surface area (Å²) in [4.78, 5) is 4.24. The van der Waals surface area contributed by atoms with E-state index in [9.17, 15) is 0 Å². The molecule has 0 aliphatic heterocycles. The van der Waals surface area contributed by atoms with Crippen LogP contribution in [0.25, 0.3) is 5.57 Å². The fourth-order valence-electron chi connectivity index (χ4n) is 1.39. The lowest BCUT2D eigenvalue weighted by atomic mass is 10.0. The zero-order valence-electron chi connectivity index (χ0n) is 8.00. The summed E-state index contributed by atoms with van der Waals surface area (Å²) in [6.45, 7) is 1.91. The Morgan fingerprint density at radius 2 is 2.29 bits per heavy atom. The predicted octanol–water partition coefficient (Wildman–Crippen LogP) is 3.59. The molecule has 0 atom stereocenters. The topological polar surface area (TPSA) is 12.9 Å². The zero-order valence-corrected chi connectivity index (χ0v) is 8.75. The molecule has 0 spiro atoms. The molecule has 0 bridgehead atoms. The van der Waals surface area contributed by atoms with Crippen LogP contribution in [0.1, 0.15) is 17.7 Å². The van der Waals surface area contributed by atoms with Crippen LogP contribution in [0.2, 0.25) is 5.02 Å². The summed E-state index contributed by atoms with van der Waals surface area (Å²) in [5, 5.41) is 0.728. The van der Waals surface area contributed by atoms with Crippen LogP contribution >= 0.6 is 11.6 Å². The number of pyridine rings is 1. The Balaban J connectivity index is 2.37. The molecule has 0 unspecified atom stereocenters. The van der Waals surface area contributed by atoms with Crippen molar-refractivity contribution in [2.75, 3.05) is 0 Å². The summed E-state index contributed by atoms with van der Waals surface area (Å²) in [5.41, 5.74) is 3.16. The van der Waals surface area contributed by atoms with Gasteiger partial charge < -0.3 is 0 Å². The van der Waals surface area contributed by atoms with Crippen molar-refractivity contribution in [3.63, 3.8) is 0 Å². The molecule has 1 aromatic heterocycles. The lowest BCUT2D eigenvalue weighted by Gasteiger charge is -2.07. The van der Waals surface area contributed by atoms with Crippen LogP contribution < -0.4 is 0 Å². The van der Waals surface area contributed by atoms with E-state index in [1.807, 2.05) is 19.2 Å². The van der Waals surface area contributed by atoms with Gasteiger partial charge in [0.2, 0.25) is 0 Å². The SMILES string of the molecule is Cc1ncc(C2=CC[CH]C=C2)cc1Cl. The molecule has 1 aromatic rings. The fourth-order valence-corrected chi connectivity index (χ4v) is 1.56. The van der Waals surface area contributed by atoms with Crippen molar-refractivity contribution in [2.24, 2.45) is 0 Å². The molecule has 71 valence electrons. The molecule has 0 saturated carbocycles. The van der Waals surface area contributed by atoms with Gasteiger partial charge in [0.15, 0.2) is 0 Å². The second kappa shape index (κ2) is 3.97. The molecule has 14 heavy (non-hydrogen) atoms. The maximum Gasteiger partial charge on any atom is 0.0624 e. The van der Waals surface area contributed by atoms with Gasteiger partial charge in [-0.2, -0.15) is 0 Å². The van der Waals surface area contributed by atoms with Gasteiger partial charge in [0, 0.05) is 11.8 Å². The summed E-state index contributed by atoms with van der Waals surface area (Å²) in [7, 11) is 0. The number of hydrogen-bond donors (Lipinski definition) is 0. The number of rotatable bonds is 1. The van der Waals surface area contributed by atoms with Crippen molar-refractivity contribution in [2.45, 2.75) is 13.3 Å². The van der Waals surface area contributed by atoms with Crippen molar-refractivity contribution >= 4 is 17.2 Å². The molecule has 2 rings (SSSR count). The molecular formula is C12H11ClN. The third kappa shape index (κ3) is 1.88. The molecular weight excluding hydrogens is 194 g/mol. The lowest BCUT2D eigenvalue weighted by Crippen LogP contribution is -1.90. The number of nitrogens with zero attached hydrogens (tertiary/aromatic N) is 1. The Bertz CT molecular complexity index is 405. The summed E-state index contributed by atoms with van der Waals surface area (Å²) >= 11 is 6.01. The average molecular weight is 205 g/mol. The molecule has 1 aliphatic carbocycles. The summed E-state index contributed by atoms with van der Waals surface area (Å²) in [6, 6.07) is 1.96. The van der Waals surface area contributed by atoms with E-state index >= 15 is 0 Å². The van der Waals surface area contributed by atoms with Gasteiger partial charge in [-0.15, -0.1) is 0 Å². The van der Waals surface area contributed by atoms with Crippen molar-refractivity contribution in [3.05, 3.63) is 53.2 Å². The highest BCUT2D eigenvalue weighted by Gasteiger charge is 2.04. The number of hydrogen-bond acceptors (Lipinski definition) is 1. The Hall–Kier alpha value is -1.08. The Labute approximate surface area is 89.1 Å². The molecule has 0 N–H and O–H groups in total. The third-order valence-electron chi connectivity index (χ3n) is 2.24. The monoisotopic (exact) mass is 204 g/mol. The van der Waals surface area contributed by atoms with E-state index in [1.54, 1.807) is 0 Å². The van der Waals surface area contributed by atoms with E-state index in [-0.39, 0.29) is 0 Å². The second-order valence-electron chi connectivity index (χ2n) is 3.28. The van der Waals surface area contributed by atoms with Gasteiger partial charge in [-0.05, 0) is 31.4 Å². The Morgan fingerprint density at radius 1 is 1.43 bits per heavy atom. The van der Waals surface area contributed by atoms with Gasteiger partial charge in [-0.3, -0.25) is 4.98 Å². The molecule has 0 saturated heterocycles. The first-order chi connectivity index (χ1) is 6.77. The van der Waals surface area contributed by atoms with E-state index in [1.165, 1.54) is 5.57 Å². The van der Waals surface area contributed by atoms with Crippen LogP contribution in [0, 0.1) is 13.3 Å². The molecule has 1 nitrogen and oxygen atoms in total. The molecule has 2 heteroatoms. The highest BCUT2D eigenvalue weighted by molar-refractivity contribution is 6.31. The van der Waals surface area contributed by atoms with Crippen molar-refractivity contribution < 1.29 is 0 Å². The van der Waals surface area contributed by atoms with E-state index in [2.05, 4.69) is 29.6 Å². The lowest BCUT2D eigenvalue weighted by molar-refractivity contribution is 1.19. The average Bonchev–Trinajstić information content (AvgIpc) is 2.23. The van der Waals surface area contributed by atoms with Crippen molar-refractivity contribution in [3.8, 4) is 0 Å². The van der Waals surface area contributed by atoms with E-state index in [0.29, 0.717) is 0 Å². The molecule has 0 fully saturated rings. The molecule has 0 amide bonds. The number of aryl methyl sites for hydroxylation is 1. The first kappa shape index (κ1) is 9.47. The maximum atomic E-state index is 6.01. The van der Waals surface area contributed by atoms with Crippen LogP contribution in [0.5, 0.6) is 0 Å². The van der Waals surface area contributed by atoms with Gasteiger partial charge in [-0.1, -0.05) is 29.8 Å². The minimum atomic E-state index is 0.728. The first-order valence-electron chi connectivity index (χ1n) is 4.60. The van der Waals surface area contributed by atoms with Gasteiger partial charge in [0.1, 0.15) is 0 Å². The second-order valence-corrected chi connectivity index (χ2v) is 3.69. The highest BCUT2D eigenvalue weighted by atomic mass is 35.5. The highest BCUT2D eigenvalue weighted by Crippen LogP contribution is 2.23. The summed E-state index contributed by atoms with van der Waals surface area (Å²) in [6.07, 6.45) is 11.3. The van der Waals surface area contributed by atoms with Crippen LogP contribution in [-0.2, 0) is 0 Å². The van der Waals surface area contributed by atoms with Crippen molar-refractivity contribution in [1.29, 1.82) is 0 Å². The van der Waals surface area contributed by atoms with E-state index < -0.39 is 0 Å². The quantitative estimate of drug-likeness (QED) is 0.681. The van der Waals surface area contributed by atoms with Crippen LogP contribution in [-0.4, -0.2) is 4.98 Å². The van der Waals surface area contributed by atoms with Gasteiger partial charge in [0.05, 0.1) is 10.7 Å². The van der Waals surface area contributed by atoms with E-state index in [0.717, 1.165) is 22.7 Å². The first-order valence-corrected chi connectivity index (χ1v) is 4.98. The Morgan fingerprint density at radius 3 is 2.93 bits per heavy atom. The summed E-state index contributed by atoms with van der Waals surface area (Å²) < 4.78 is 0. The third-order valence-corrected chi connectivity index (χ3v) is 2.63. The summed E-state index contributed by atoms with van der Waals surface area (Å²) in [5.74, 6) is 0. The molecule has 1 radical (unpaired) electrons. The smallest absolute Gasteiger partial charge is 0.0624 e. The number of halogens is 1. The van der Waals surface area contributed by atoms with Crippen LogP contribution in [0.15, 0.2) is 30.5 Å². The van der Waals surface area contributed by atoms with Crippen LogP contribution in [0.3, 0.4) is 0 Å². The minimum absolute atomic E-state index is 0.728. The predicted molar refractivity (Wildman–Crippen MR) is 60.0 cm³/mol. The molecule has 0 aromatic carbocycles. The normalized spacial score (nSPS) is 15.4. The standard InChI is InChI=1S/C12H11ClN/c1-9-12(13)7-11(8-14-9)10-5-3-2-4-6-10/h2-3,5-8H,4H2,1H3. The van der Waals surface area contributed by atoms with Gasteiger partial charge in [0.25, 0.3) is 0 Å².